The molecule has 1 saturated heterocycles. The van der Waals surface area contributed by atoms with E-state index in [0.29, 0.717) is 17.9 Å². The highest BCUT2D eigenvalue weighted by Crippen LogP contribution is 2.32. The Morgan fingerprint density at radius 1 is 1.11 bits per heavy atom. The number of ketones is 1. The number of carbonyl (C=O) groups excluding carboxylic acids is 3. The lowest BCUT2D eigenvalue weighted by Gasteiger charge is -2.11. The molecule has 0 atom stereocenters. The van der Waals surface area contributed by atoms with Gasteiger partial charge in [0.2, 0.25) is 0 Å². The Bertz CT molecular complexity index is 921. The maximum Gasteiger partial charge on any atom is 0.293 e. The first kappa shape index (κ1) is 18.7. The minimum atomic E-state index is -0.466. The van der Waals surface area contributed by atoms with Crippen molar-refractivity contribution in [3.05, 3.63) is 83.3 Å². The second-order valence-electron chi connectivity index (χ2n) is 5.73. The lowest BCUT2D eigenvalue weighted by Crippen LogP contribution is -2.33. The van der Waals surface area contributed by atoms with E-state index in [0.717, 1.165) is 22.2 Å². The average molecular weight is 379 g/mol. The summed E-state index contributed by atoms with van der Waals surface area (Å²) in [6.07, 6.45) is 3.26. The van der Waals surface area contributed by atoms with E-state index in [1.807, 2.05) is 6.07 Å². The lowest BCUT2D eigenvalue weighted by molar-refractivity contribution is -0.122. The van der Waals surface area contributed by atoms with Gasteiger partial charge in [0.25, 0.3) is 11.1 Å². The van der Waals surface area contributed by atoms with Gasteiger partial charge in [-0.1, -0.05) is 55.1 Å². The van der Waals surface area contributed by atoms with Crippen molar-refractivity contribution in [3.63, 3.8) is 0 Å². The molecule has 0 radical (unpaired) electrons. The number of ether oxygens (including phenoxy) is 1. The summed E-state index contributed by atoms with van der Waals surface area (Å²) in [7, 11) is 0. The van der Waals surface area contributed by atoms with Gasteiger partial charge in [0.1, 0.15) is 12.4 Å². The second-order valence-corrected chi connectivity index (χ2v) is 6.72. The summed E-state index contributed by atoms with van der Waals surface area (Å²) in [5, 5.41) is -0.449. The highest BCUT2D eigenvalue weighted by molar-refractivity contribution is 8.18. The quantitative estimate of drug-likeness (QED) is 0.410. The Hall–Kier alpha value is -3.12. The van der Waals surface area contributed by atoms with Crippen LogP contribution in [0.25, 0.3) is 6.08 Å². The van der Waals surface area contributed by atoms with Gasteiger partial charge < -0.3 is 4.74 Å². The van der Waals surface area contributed by atoms with Crippen molar-refractivity contribution < 1.29 is 19.1 Å². The number of amides is 2. The van der Waals surface area contributed by atoms with Crippen molar-refractivity contribution in [2.24, 2.45) is 0 Å². The highest BCUT2D eigenvalue weighted by atomic mass is 32.2. The molecule has 3 rings (SSSR count). The number of Topliss-reactive ketones (excluding diaryl/α,β-unsaturated/α-hetero) is 1. The molecule has 1 aliphatic rings. The third kappa shape index (κ3) is 4.54. The number of hydrogen-bond donors (Lipinski definition) is 0. The Morgan fingerprint density at radius 3 is 2.63 bits per heavy atom. The topological polar surface area (TPSA) is 63.7 Å². The number of imide groups is 1. The van der Waals surface area contributed by atoms with E-state index >= 15 is 0 Å². The number of thioether (sulfide) groups is 1. The molecule has 0 bridgehead atoms. The van der Waals surface area contributed by atoms with Gasteiger partial charge in [-0.25, -0.2) is 0 Å². The molecule has 1 heterocycles. The van der Waals surface area contributed by atoms with Crippen LogP contribution in [0.3, 0.4) is 0 Å². The van der Waals surface area contributed by atoms with Gasteiger partial charge in [-0.15, -0.1) is 0 Å². The summed E-state index contributed by atoms with van der Waals surface area (Å²) in [6.45, 7) is 3.71. The lowest BCUT2D eigenvalue weighted by atomic mass is 10.1. The highest BCUT2D eigenvalue weighted by Gasteiger charge is 2.36. The SMILES string of the molecule is C=CCOc1cccc(/C=C2/SC(=O)N(CC(=O)c3ccccc3)C2=O)c1. The van der Waals surface area contributed by atoms with Gasteiger partial charge >= 0.3 is 0 Å². The van der Waals surface area contributed by atoms with Gasteiger partial charge in [0, 0.05) is 5.56 Å². The summed E-state index contributed by atoms with van der Waals surface area (Å²) in [6, 6.07) is 15.8. The van der Waals surface area contributed by atoms with Crippen LogP contribution in [0.15, 0.2) is 72.2 Å². The predicted molar refractivity (Wildman–Crippen MR) is 106 cm³/mol. The van der Waals surface area contributed by atoms with Gasteiger partial charge in [-0.3, -0.25) is 19.3 Å². The summed E-state index contributed by atoms with van der Waals surface area (Å²) in [5.74, 6) is -0.104. The first-order valence-corrected chi connectivity index (χ1v) is 9.07. The van der Waals surface area contributed by atoms with Crippen molar-refractivity contribution in [1.29, 1.82) is 0 Å². The Balaban J connectivity index is 1.74. The molecule has 5 nitrogen and oxygen atoms in total. The fourth-order valence-corrected chi connectivity index (χ4v) is 3.33. The smallest absolute Gasteiger partial charge is 0.293 e. The molecule has 136 valence electrons. The summed E-state index contributed by atoms with van der Waals surface area (Å²) in [4.78, 5) is 38.3. The van der Waals surface area contributed by atoms with Crippen LogP contribution in [0, 0.1) is 0 Å². The molecular weight excluding hydrogens is 362 g/mol. The maximum absolute atomic E-state index is 12.6. The molecule has 0 N–H and O–H groups in total. The van der Waals surface area contributed by atoms with Crippen LogP contribution in [-0.2, 0) is 4.79 Å². The van der Waals surface area contributed by atoms with Gasteiger partial charge in [0.15, 0.2) is 5.78 Å². The number of rotatable bonds is 7. The fraction of sp³-hybridized carbons (Fsp3) is 0.0952. The molecular formula is C21H17NO4S. The van der Waals surface area contributed by atoms with E-state index in [1.165, 1.54) is 0 Å². The van der Waals surface area contributed by atoms with E-state index in [9.17, 15) is 14.4 Å². The minimum absolute atomic E-state index is 0.269. The summed E-state index contributed by atoms with van der Waals surface area (Å²) < 4.78 is 5.47. The molecule has 0 aliphatic carbocycles. The van der Waals surface area contributed by atoms with Crippen molar-refractivity contribution in [2.45, 2.75) is 0 Å². The summed E-state index contributed by atoms with van der Waals surface area (Å²) >= 11 is 0.827. The van der Waals surface area contributed by atoms with Gasteiger partial charge in [0.05, 0.1) is 11.4 Å². The largest absolute Gasteiger partial charge is 0.490 e. The maximum atomic E-state index is 12.6. The normalized spacial score (nSPS) is 15.3. The molecule has 2 aromatic rings. The van der Waals surface area contributed by atoms with E-state index in [2.05, 4.69) is 6.58 Å². The minimum Gasteiger partial charge on any atom is -0.490 e. The zero-order valence-electron chi connectivity index (χ0n) is 14.5. The van der Waals surface area contributed by atoms with Crippen LogP contribution < -0.4 is 4.74 Å². The third-order valence-electron chi connectivity index (χ3n) is 3.79. The zero-order chi connectivity index (χ0) is 19.2. The van der Waals surface area contributed by atoms with E-state index in [1.54, 1.807) is 60.7 Å². The molecule has 0 unspecified atom stereocenters. The molecule has 1 aliphatic heterocycles. The second kappa shape index (κ2) is 8.51. The number of benzene rings is 2. The predicted octanol–water partition coefficient (Wildman–Crippen LogP) is 4.17. The monoisotopic (exact) mass is 379 g/mol. The van der Waals surface area contributed by atoms with Crippen LogP contribution in [0.4, 0.5) is 4.79 Å². The zero-order valence-corrected chi connectivity index (χ0v) is 15.3. The van der Waals surface area contributed by atoms with Crippen molar-refractivity contribution in [3.8, 4) is 5.75 Å². The standard InChI is InChI=1S/C21H17NO4S/c1-2-11-26-17-10-6-7-15(12-17)13-19-20(24)22(21(25)27-19)14-18(23)16-8-4-3-5-9-16/h2-10,12-13H,1,11,14H2/b19-13+. The molecule has 27 heavy (non-hydrogen) atoms. The van der Waals surface area contributed by atoms with Crippen LogP contribution in [-0.4, -0.2) is 35.0 Å². The molecule has 0 saturated carbocycles. The number of hydrogen-bond acceptors (Lipinski definition) is 5. The van der Waals surface area contributed by atoms with Crippen LogP contribution in [0.5, 0.6) is 5.75 Å². The third-order valence-corrected chi connectivity index (χ3v) is 4.70. The fourth-order valence-electron chi connectivity index (χ4n) is 2.50. The Kier molecular flexibility index (Phi) is 5.88. The van der Waals surface area contributed by atoms with E-state index < -0.39 is 11.1 Å². The molecule has 6 heteroatoms. The molecule has 2 amide bonds. The Morgan fingerprint density at radius 2 is 1.89 bits per heavy atom. The molecule has 0 aromatic heterocycles. The van der Waals surface area contributed by atoms with Crippen molar-refractivity contribution in [2.75, 3.05) is 13.2 Å². The van der Waals surface area contributed by atoms with Crippen molar-refractivity contribution in [1.82, 2.24) is 4.90 Å². The molecule has 0 spiro atoms. The molecule has 1 fully saturated rings. The summed E-state index contributed by atoms with van der Waals surface area (Å²) in [5.41, 5.74) is 1.20. The molecule has 2 aromatic carbocycles. The Labute approximate surface area is 161 Å². The van der Waals surface area contributed by atoms with E-state index in [4.69, 9.17) is 4.74 Å². The van der Waals surface area contributed by atoms with Crippen LogP contribution >= 0.6 is 11.8 Å². The number of nitrogens with zero attached hydrogens (tertiary/aromatic N) is 1. The first-order valence-electron chi connectivity index (χ1n) is 8.26. The van der Waals surface area contributed by atoms with Crippen LogP contribution in [0.1, 0.15) is 15.9 Å². The van der Waals surface area contributed by atoms with Gasteiger partial charge in [-0.2, -0.15) is 0 Å². The van der Waals surface area contributed by atoms with Crippen molar-refractivity contribution >= 4 is 34.8 Å². The van der Waals surface area contributed by atoms with E-state index in [-0.39, 0.29) is 17.2 Å². The number of carbonyl (C=O) groups is 3. The van der Waals surface area contributed by atoms with Gasteiger partial charge in [-0.05, 0) is 35.5 Å². The first-order chi connectivity index (χ1) is 13.1. The van der Waals surface area contributed by atoms with Crippen LogP contribution in [0.2, 0.25) is 0 Å². The average Bonchev–Trinajstić information content (AvgIpc) is 2.94.